The molecule has 0 bridgehead atoms. The molecule has 1 aromatic carbocycles. The predicted molar refractivity (Wildman–Crippen MR) is 64.1 cm³/mol. The summed E-state index contributed by atoms with van der Waals surface area (Å²) >= 11 is 0. The summed E-state index contributed by atoms with van der Waals surface area (Å²) in [6.45, 7) is 5.29. The van der Waals surface area contributed by atoms with Crippen LogP contribution >= 0.6 is 0 Å². The Morgan fingerprint density at radius 2 is 2.31 bits per heavy atom. The van der Waals surface area contributed by atoms with Crippen LogP contribution in [0.5, 0.6) is 0 Å². The molecule has 0 aliphatic heterocycles. The number of aliphatic hydroxyl groups is 1. The molecule has 0 aliphatic rings. The molecule has 1 unspecified atom stereocenters. The van der Waals surface area contributed by atoms with E-state index in [9.17, 15) is 9.50 Å². The monoisotopic (exact) mass is 219 g/mol. The minimum atomic E-state index is -0.758. The van der Waals surface area contributed by atoms with E-state index in [1.165, 1.54) is 6.08 Å². The summed E-state index contributed by atoms with van der Waals surface area (Å²) in [4.78, 5) is 0. The fraction of sp³-hybridized carbons (Fsp3) is 0.231. The van der Waals surface area contributed by atoms with Crippen LogP contribution in [0, 0.1) is 17.7 Å². The molecule has 3 heteroatoms. The Morgan fingerprint density at radius 1 is 1.62 bits per heavy atom. The van der Waals surface area contributed by atoms with E-state index >= 15 is 0 Å². The van der Waals surface area contributed by atoms with E-state index in [0.717, 1.165) is 0 Å². The van der Waals surface area contributed by atoms with Crippen molar-refractivity contribution in [2.24, 2.45) is 0 Å². The molecule has 1 rings (SSSR count). The molecule has 0 spiro atoms. The van der Waals surface area contributed by atoms with Gasteiger partial charge in [-0.2, -0.15) is 0 Å². The number of nitrogens with two attached hydrogens (primary N) is 1. The molecule has 16 heavy (non-hydrogen) atoms. The predicted octanol–water partition coefficient (Wildman–Crippen LogP) is 2.17. The van der Waals surface area contributed by atoms with Crippen LogP contribution in [0.1, 0.15) is 24.5 Å². The van der Waals surface area contributed by atoms with Crippen LogP contribution < -0.4 is 5.73 Å². The molecule has 84 valence electrons. The lowest BCUT2D eigenvalue weighted by molar-refractivity contribution is 0.228. The standard InChI is InChI=1S/C13H14FNO/c1-3-9-5-8-12(15)11(13(9)14)7-6-10(16)4-2/h3,5,8,10,16H,1,4,15H2,2H3. The van der Waals surface area contributed by atoms with Gasteiger partial charge < -0.3 is 10.8 Å². The molecule has 1 atom stereocenters. The third-order valence-electron chi connectivity index (χ3n) is 2.17. The molecule has 0 aliphatic carbocycles. The van der Waals surface area contributed by atoms with Gasteiger partial charge in [-0.25, -0.2) is 4.39 Å². The number of halogens is 1. The summed E-state index contributed by atoms with van der Waals surface area (Å²) in [6.07, 6.45) is 1.14. The van der Waals surface area contributed by atoms with Crippen LogP contribution in [0.4, 0.5) is 10.1 Å². The summed E-state index contributed by atoms with van der Waals surface area (Å²) in [7, 11) is 0. The van der Waals surface area contributed by atoms with E-state index in [-0.39, 0.29) is 11.3 Å². The second-order valence-corrected chi connectivity index (χ2v) is 3.33. The van der Waals surface area contributed by atoms with Crippen molar-refractivity contribution in [3.8, 4) is 11.8 Å². The number of aliphatic hydroxyl groups excluding tert-OH is 1. The number of nitrogen functional groups attached to an aromatic ring is 1. The lowest BCUT2D eigenvalue weighted by Gasteiger charge is -2.03. The molecule has 0 saturated heterocycles. The van der Waals surface area contributed by atoms with Crippen molar-refractivity contribution >= 4 is 11.8 Å². The van der Waals surface area contributed by atoms with Gasteiger partial charge in [-0.1, -0.05) is 31.4 Å². The molecule has 0 heterocycles. The second-order valence-electron chi connectivity index (χ2n) is 3.33. The Bertz CT molecular complexity index is 457. The highest BCUT2D eigenvalue weighted by Crippen LogP contribution is 2.19. The van der Waals surface area contributed by atoms with E-state index in [4.69, 9.17) is 5.73 Å². The molecular formula is C13H14FNO. The molecule has 1 aromatic rings. The van der Waals surface area contributed by atoms with E-state index < -0.39 is 11.9 Å². The van der Waals surface area contributed by atoms with Crippen molar-refractivity contribution in [1.82, 2.24) is 0 Å². The number of benzene rings is 1. The molecule has 0 aromatic heterocycles. The lowest BCUT2D eigenvalue weighted by atomic mass is 10.1. The first-order valence-corrected chi connectivity index (χ1v) is 5.00. The highest BCUT2D eigenvalue weighted by Gasteiger charge is 2.07. The Balaban J connectivity index is 3.20. The average molecular weight is 219 g/mol. The molecule has 0 fully saturated rings. The topological polar surface area (TPSA) is 46.2 Å². The van der Waals surface area contributed by atoms with Gasteiger partial charge in [0.05, 0.1) is 11.3 Å². The van der Waals surface area contributed by atoms with E-state index in [2.05, 4.69) is 18.4 Å². The molecular weight excluding hydrogens is 205 g/mol. The van der Waals surface area contributed by atoms with Crippen molar-refractivity contribution in [1.29, 1.82) is 0 Å². The summed E-state index contributed by atoms with van der Waals surface area (Å²) in [5, 5.41) is 9.27. The third-order valence-corrected chi connectivity index (χ3v) is 2.17. The fourth-order valence-electron chi connectivity index (χ4n) is 1.15. The zero-order chi connectivity index (χ0) is 12.1. The van der Waals surface area contributed by atoms with Gasteiger partial charge in [0.1, 0.15) is 11.9 Å². The van der Waals surface area contributed by atoms with Gasteiger partial charge in [0, 0.05) is 5.56 Å². The van der Waals surface area contributed by atoms with Crippen LogP contribution in [0.15, 0.2) is 18.7 Å². The maximum Gasteiger partial charge on any atom is 0.148 e. The van der Waals surface area contributed by atoms with Crippen LogP contribution in [0.25, 0.3) is 6.08 Å². The van der Waals surface area contributed by atoms with Gasteiger partial charge in [0.15, 0.2) is 0 Å². The SMILES string of the molecule is C=Cc1ccc(N)c(C#CC(O)CC)c1F. The summed E-state index contributed by atoms with van der Waals surface area (Å²) in [5.74, 6) is 4.60. The number of hydrogen-bond acceptors (Lipinski definition) is 2. The number of hydrogen-bond donors (Lipinski definition) is 2. The van der Waals surface area contributed by atoms with Crippen LogP contribution in [-0.4, -0.2) is 11.2 Å². The molecule has 2 nitrogen and oxygen atoms in total. The van der Waals surface area contributed by atoms with Crippen LogP contribution in [0.2, 0.25) is 0 Å². The average Bonchev–Trinajstić information content (AvgIpc) is 2.28. The minimum absolute atomic E-state index is 0.116. The van der Waals surface area contributed by atoms with Gasteiger partial charge in [0.25, 0.3) is 0 Å². The second kappa shape index (κ2) is 5.34. The molecule has 0 amide bonds. The molecule has 0 saturated carbocycles. The number of rotatable bonds is 2. The van der Waals surface area contributed by atoms with Gasteiger partial charge in [-0.15, -0.1) is 0 Å². The first-order chi connectivity index (χ1) is 7.60. The van der Waals surface area contributed by atoms with Gasteiger partial charge in [-0.05, 0) is 18.6 Å². The van der Waals surface area contributed by atoms with Crippen LogP contribution in [0.3, 0.4) is 0 Å². The first-order valence-electron chi connectivity index (χ1n) is 5.00. The molecule has 0 radical (unpaired) electrons. The van der Waals surface area contributed by atoms with Gasteiger partial charge in [-0.3, -0.25) is 0 Å². The highest BCUT2D eigenvalue weighted by atomic mass is 19.1. The van der Waals surface area contributed by atoms with Gasteiger partial charge in [0.2, 0.25) is 0 Å². The highest BCUT2D eigenvalue weighted by molar-refractivity contribution is 5.63. The Labute approximate surface area is 94.6 Å². The normalized spacial score (nSPS) is 11.4. The van der Waals surface area contributed by atoms with Crippen molar-refractivity contribution in [2.75, 3.05) is 5.73 Å². The maximum atomic E-state index is 13.8. The van der Waals surface area contributed by atoms with Crippen molar-refractivity contribution < 1.29 is 9.50 Å². The van der Waals surface area contributed by atoms with E-state index in [1.54, 1.807) is 19.1 Å². The van der Waals surface area contributed by atoms with Gasteiger partial charge >= 0.3 is 0 Å². The molecule has 3 N–H and O–H groups in total. The fourth-order valence-corrected chi connectivity index (χ4v) is 1.15. The maximum absolute atomic E-state index is 13.8. The third kappa shape index (κ3) is 2.62. The quantitative estimate of drug-likeness (QED) is 0.591. The Hall–Kier alpha value is -1.79. The zero-order valence-electron chi connectivity index (χ0n) is 9.13. The Kier molecular flexibility index (Phi) is 4.10. The van der Waals surface area contributed by atoms with Crippen LogP contribution in [-0.2, 0) is 0 Å². The number of anilines is 1. The zero-order valence-corrected chi connectivity index (χ0v) is 9.13. The summed E-state index contributed by atoms with van der Waals surface area (Å²) < 4.78 is 13.8. The van der Waals surface area contributed by atoms with Crippen molar-refractivity contribution in [3.63, 3.8) is 0 Å². The van der Waals surface area contributed by atoms with Crippen molar-refractivity contribution in [2.45, 2.75) is 19.4 Å². The van der Waals surface area contributed by atoms with Crippen molar-refractivity contribution in [3.05, 3.63) is 35.7 Å². The van der Waals surface area contributed by atoms with E-state index in [0.29, 0.717) is 12.0 Å². The smallest absolute Gasteiger partial charge is 0.148 e. The minimum Gasteiger partial charge on any atom is -0.398 e. The summed E-state index contributed by atoms with van der Waals surface area (Å²) in [5.41, 5.74) is 6.34. The first kappa shape index (κ1) is 12.3. The largest absolute Gasteiger partial charge is 0.398 e. The van der Waals surface area contributed by atoms with E-state index in [1.807, 2.05) is 0 Å². The Morgan fingerprint density at radius 3 is 2.88 bits per heavy atom. The lowest BCUT2D eigenvalue weighted by Crippen LogP contribution is -2.01. The summed E-state index contributed by atoms with van der Waals surface area (Å²) in [6, 6.07) is 3.11.